The van der Waals surface area contributed by atoms with Crippen LogP contribution in [0.2, 0.25) is 0 Å². The molecule has 2 N–H and O–H groups in total. The molecule has 1 amide bonds. The minimum Gasteiger partial charge on any atom is -0.338 e. The molecule has 116 valence electrons. The number of benzene rings is 1. The van der Waals surface area contributed by atoms with E-state index in [2.05, 4.69) is 13.8 Å². The second-order valence-electron chi connectivity index (χ2n) is 6.09. The van der Waals surface area contributed by atoms with Crippen LogP contribution >= 0.6 is 0 Å². The number of carbonyl (C=O) groups excluding carboxylic acids is 1. The molecule has 1 heterocycles. The van der Waals surface area contributed by atoms with Crippen molar-refractivity contribution in [2.75, 3.05) is 13.1 Å². The molecule has 0 aliphatic carbocycles. The maximum absolute atomic E-state index is 12.6. The summed E-state index contributed by atoms with van der Waals surface area (Å²) in [5.41, 5.74) is 1.02. The van der Waals surface area contributed by atoms with Crippen molar-refractivity contribution in [3.63, 3.8) is 0 Å². The summed E-state index contributed by atoms with van der Waals surface area (Å²) in [4.78, 5) is 14.3. The van der Waals surface area contributed by atoms with Crippen molar-refractivity contribution in [1.29, 1.82) is 0 Å². The predicted octanol–water partition coefficient (Wildman–Crippen LogP) is 1.76. The van der Waals surface area contributed by atoms with E-state index >= 15 is 0 Å². The van der Waals surface area contributed by atoms with Crippen molar-refractivity contribution >= 4 is 15.9 Å². The van der Waals surface area contributed by atoms with Crippen LogP contribution in [0.25, 0.3) is 0 Å². The first kappa shape index (κ1) is 16.0. The molecule has 2 rings (SSSR count). The second-order valence-corrected chi connectivity index (χ2v) is 7.62. The largest absolute Gasteiger partial charge is 0.338 e. The number of hydrogen-bond acceptors (Lipinski definition) is 3. The lowest BCUT2D eigenvalue weighted by atomic mass is 9.95. The molecule has 1 aromatic rings. The number of primary sulfonamides is 1. The zero-order valence-corrected chi connectivity index (χ0v) is 13.5. The fraction of sp³-hybridized carbons (Fsp3) is 0.533. The van der Waals surface area contributed by atoms with Gasteiger partial charge in [-0.3, -0.25) is 4.79 Å². The Bertz CT molecular complexity index is 653. The summed E-state index contributed by atoms with van der Waals surface area (Å²) in [7, 11) is -3.90. The Hall–Kier alpha value is -1.40. The van der Waals surface area contributed by atoms with E-state index in [1.807, 2.05) is 6.92 Å². The molecule has 1 fully saturated rings. The Morgan fingerprint density at radius 3 is 2.57 bits per heavy atom. The van der Waals surface area contributed by atoms with Gasteiger partial charge in [-0.2, -0.15) is 0 Å². The number of carbonyl (C=O) groups is 1. The number of likely N-dealkylation sites (tertiary alicyclic amines) is 1. The predicted molar refractivity (Wildman–Crippen MR) is 81.4 cm³/mol. The number of aryl methyl sites for hydroxylation is 1. The lowest BCUT2D eigenvalue weighted by Gasteiger charge is -2.19. The summed E-state index contributed by atoms with van der Waals surface area (Å²) in [6, 6.07) is 4.66. The summed E-state index contributed by atoms with van der Waals surface area (Å²) in [5.74, 6) is 0.737. The molecule has 21 heavy (non-hydrogen) atoms. The lowest BCUT2D eigenvalue weighted by molar-refractivity contribution is 0.0780. The molecular formula is C15H22N2O3S. The van der Waals surface area contributed by atoms with Gasteiger partial charge in [0.2, 0.25) is 10.0 Å². The number of nitrogens with two attached hydrogens (primary N) is 1. The van der Waals surface area contributed by atoms with Crippen molar-refractivity contribution < 1.29 is 13.2 Å². The average Bonchev–Trinajstić information content (AvgIpc) is 2.86. The molecule has 1 aliphatic heterocycles. The van der Waals surface area contributed by atoms with E-state index in [0.29, 0.717) is 24.9 Å². The normalized spacial score (nSPS) is 19.3. The Balaban J connectivity index is 2.34. The van der Waals surface area contributed by atoms with Crippen LogP contribution in [0.3, 0.4) is 0 Å². The summed E-state index contributed by atoms with van der Waals surface area (Å²) < 4.78 is 23.3. The third-order valence-corrected chi connectivity index (χ3v) is 5.10. The van der Waals surface area contributed by atoms with Crippen molar-refractivity contribution in [2.45, 2.75) is 32.1 Å². The van der Waals surface area contributed by atoms with Gasteiger partial charge in [0.15, 0.2) is 0 Å². The second kappa shape index (κ2) is 5.77. The van der Waals surface area contributed by atoms with E-state index in [1.54, 1.807) is 17.0 Å². The summed E-state index contributed by atoms with van der Waals surface area (Å²) >= 11 is 0. The van der Waals surface area contributed by atoms with E-state index in [-0.39, 0.29) is 16.4 Å². The molecule has 5 nitrogen and oxygen atoms in total. The molecule has 6 heteroatoms. The first-order valence-electron chi connectivity index (χ1n) is 7.13. The Morgan fingerprint density at radius 1 is 1.38 bits per heavy atom. The first-order valence-corrected chi connectivity index (χ1v) is 8.67. The van der Waals surface area contributed by atoms with E-state index in [1.165, 1.54) is 6.07 Å². The maximum atomic E-state index is 12.6. The molecule has 0 aromatic heterocycles. The van der Waals surface area contributed by atoms with Crippen LogP contribution in [0.1, 0.15) is 36.2 Å². The van der Waals surface area contributed by atoms with Crippen molar-refractivity contribution in [1.82, 2.24) is 4.90 Å². The minimum atomic E-state index is -3.90. The van der Waals surface area contributed by atoms with Gasteiger partial charge in [-0.25, -0.2) is 13.6 Å². The number of hydrogen-bond donors (Lipinski definition) is 1. The van der Waals surface area contributed by atoms with Gasteiger partial charge in [-0.05, 0) is 37.3 Å². The zero-order chi connectivity index (χ0) is 15.8. The van der Waals surface area contributed by atoms with Crippen LogP contribution < -0.4 is 5.14 Å². The molecule has 0 spiro atoms. The molecule has 1 atom stereocenters. The fourth-order valence-electron chi connectivity index (χ4n) is 2.75. The van der Waals surface area contributed by atoms with Gasteiger partial charge in [0.1, 0.15) is 0 Å². The van der Waals surface area contributed by atoms with Gasteiger partial charge < -0.3 is 4.90 Å². The quantitative estimate of drug-likeness (QED) is 0.923. The van der Waals surface area contributed by atoms with Crippen molar-refractivity contribution in [2.24, 2.45) is 17.0 Å². The van der Waals surface area contributed by atoms with Crippen molar-refractivity contribution in [3.05, 3.63) is 29.3 Å². The number of amides is 1. The van der Waals surface area contributed by atoms with Crippen LogP contribution in [0.15, 0.2) is 23.1 Å². The standard InChI is InChI=1S/C15H22N2O3S/c1-10(2)12-6-7-17(9-12)15(18)13-8-11(3)4-5-14(13)21(16,19)20/h4-5,8,10,12H,6-7,9H2,1-3H3,(H2,16,19,20). The SMILES string of the molecule is Cc1ccc(S(N)(=O)=O)c(C(=O)N2CCC(C(C)C)C2)c1. The molecule has 1 unspecified atom stereocenters. The van der Waals surface area contributed by atoms with Gasteiger partial charge in [0, 0.05) is 13.1 Å². The monoisotopic (exact) mass is 310 g/mol. The van der Waals surface area contributed by atoms with E-state index in [0.717, 1.165) is 12.0 Å². The molecule has 1 aromatic carbocycles. The third kappa shape index (κ3) is 3.44. The topological polar surface area (TPSA) is 80.5 Å². The van der Waals surface area contributed by atoms with Gasteiger partial charge in [-0.1, -0.05) is 25.5 Å². The lowest BCUT2D eigenvalue weighted by Crippen LogP contribution is -2.31. The Labute approximate surface area is 126 Å². The molecule has 1 aliphatic rings. The summed E-state index contributed by atoms with van der Waals surface area (Å²) in [5, 5.41) is 5.22. The molecule has 0 radical (unpaired) electrons. The van der Waals surface area contributed by atoms with Crippen LogP contribution in [0, 0.1) is 18.8 Å². The number of nitrogens with zero attached hydrogens (tertiary/aromatic N) is 1. The molecule has 1 saturated heterocycles. The van der Waals surface area contributed by atoms with Gasteiger partial charge in [0.25, 0.3) is 5.91 Å². The van der Waals surface area contributed by atoms with Crippen molar-refractivity contribution in [3.8, 4) is 0 Å². The Kier molecular flexibility index (Phi) is 4.39. The number of sulfonamides is 1. The van der Waals surface area contributed by atoms with Gasteiger partial charge in [-0.15, -0.1) is 0 Å². The fourth-order valence-corrected chi connectivity index (χ4v) is 3.46. The first-order chi connectivity index (χ1) is 9.70. The minimum absolute atomic E-state index is 0.0916. The Morgan fingerprint density at radius 2 is 2.05 bits per heavy atom. The van der Waals surface area contributed by atoms with Gasteiger partial charge in [0.05, 0.1) is 10.5 Å². The maximum Gasteiger partial charge on any atom is 0.255 e. The highest BCUT2D eigenvalue weighted by atomic mass is 32.2. The van der Waals surface area contributed by atoms with E-state index in [4.69, 9.17) is 5.14 Å². The zero-order valence-electron chi connectivity index (χ0n) is 12.7. The summed E-state index contributed by atoms with van der Waals surface area (Å²) in [6.45, 7) is 7.45. The average molecular weight is 310 g/mol. The highest BCUT2D eigenvalue weighted by molar-refractivity contribution is 7.89. The molecular weight excluding hydrogens is 288 g/mol. The highest BCUT2D eigenvalue weighted by Gasteiger charge is 2.31. The van der Waals surface area contributed by atoms with E-state index < -0.39 is 10.0 Å². The van der Waals surface area contributed by atoms with Gasteiger partial charge >= 0.3 is 0 Å². The van der Waals surface area contributed by atoms with Crippen LogP contribution in [-0.2, 0) is 10.0 Å². The molecule has 0 saturated carbocycles. The van der Waals surface area contributed by atoms with Crippen LogP contribution in [0.4, 0.5) is 0 Å². The van der Waals surface area contributed by atoms with E-state index in [9.17, 15) is 13.2 Å². The highest BCUT2D eigenvalue weighted by Crippen LogP contribution is 2.26. The smallest absolute Gasteiger partial charge is 0.255 e. The third-order valence-electron chi connectivity index (χ3n) is 4.13. The molecule has 0 bridgehead atoms. The van der Waals surface area contributed by atoms with Crippen LogP contribution in [-0.4, -0.2) is 32.3 Å². The van der Waals surface area contributed by atoms with Crippen LogP contribution in [0.5, 0.6) is 0 Å². The summed E-state index contributed by atoms with van der Waals surface area (Å²) in [6.07, 6.45) is 0.958. The number of rotatable bonds is 3.